The summed E-state index contributed by atoms with van der Waals surface area (Å²) >= 11 is 1.29. The Bertz CT molecular complexity index is 725. The maximum absolute atomic E-state index is 11.2. The largest absolute Gasteiger partial charge is 0.316 e. The summed E-state index contributed by atoms with van der Waals surface area (Å²) in [5.41, 5.74) is 0.979. The minimum absolute atomic E-state index is 0.110. The summed E-state index contributed by atoms with van der Waals surface area (Å²) in [5, 5.41) is 23.8. The van der Waals surface area contributed by atoms with Gasteiger partial charge in [-0.2, -0.15) is 0 Å². The number of aryl methyl sites for hydroxylation is 1. The Labute approximate surface area is 138 Å². The van der Waals surface area contributed by atoms with Crippen molar-refractivity contribution in [2.75, 3.05) is 13.1 Å². The van der Waals surface area contributed by atoms with Crippen LogP contribution < -0.4 is 5.32 Å². The number of aromatic nitrogens is 3. The van der Waals surface area contributed by atoms with Gasteiger partial charge in [0.05, 0.1) is 9.82 Å². The van der Waals surface area contributed by atoms with E-state index in [1.54, 1.807) is 12.1 Å². The van der Waals surface area contributed by atoms with E-state index in [0.29, 0.717) is 16.0 Å². The van der Waals surface area contributed by atoms with Crippen LogP contribution in [0.15, 0.2) is 28.3 Å². The molecule has 1 aromatic heterocycles. The highest BCUT2D eigenvalue weighted by Gasteiger charge is 2.23. The van der Waals surface area contributed by atoms with E-state index in [-0.39, 0.29) is 10.6 Å². The van der Waals surface area contributed by atoms with Crippen molar-refractivity contribution in [3.63, 3.8) is 0 Å². The zero-order chi connectivity index (χ0) is 16.4. The number of nitrogens with one attached hydrogen (secondary N) is 1. The van der Waals surface area contributed by atoms with Crippen molar-refractivity contribution in [1.82, 2.24) is 20.1 Å². The Morgan fingerprint density at radius 3 is 2.96 bits per heavy atom. The number of rotatable bonds is 4. The molecule has 8 heteroatoms. The van der Waals surface area contributed by atoms with Gasteiger partial charge in [-0.15, -0.1) is 10.2 Å². The molecule has 122 valence electrons. The van der Waals surface area contributed by atoms with Crippen molar-refractivity contribution in [3.8, 4) is 0 Å². The number of hydrogen-bond donors (Lipinski definition) is 1. The van der Waals surface area contributed by atoms with Gasteiger partial charge in [0.25, 0.3) is 5.69 Å². The van der Waals surface area contributed by atoms with Gasteiger partial charge in [-0.25, -0.2) is 0 Å². The minimum Gasteiger partial charge on any atom is -0.316 e. The number of nitro groups is 1. The molecule has 0 spiro atoms. The van der Waals surface area contributed by atoms with Crippen LogP contribution in [0.1, 0.15) is 30.1 Å². The molecule has 0 aliphatic carbocycles. The molecule has 1 saturated heterocycles. The molecule has 1 fully saturated rings. The monoisotopic (exact) mass is 333 g/mol. The van der Waals surface area contributed by atoms with Gasteiger partial charge >= 0.3 is 0 Å². The molecule has 7 nitrogen and oxygen atoms in total. The van der Waals surface area contributed by atoms with Gasteiger partial charge in [0.2, 0.25) is 0 Å². The van der Waals surface area contributed by atoms with Crippen LogP contribution in [0.25, 0.3) is 0 Å². The first-order chi connectivity index (χ1) is 11.1. The molecule has 1 unspecified atom stereocenters. The van der Waals surface area contributed by atoms with Gasteiger partial charge in [0.15, 0.2) is 5.16 Å². The third kappa shape index (κ3) is 3.37. The molecule has 1 aliphatic heterocycles. The maximum atomic E-state index is 11.2. The lowest BCUT2D eigenvalue weighted by Crippen LogP contribution is -2.29. The number of benzene rings is 1. The zero-order valence-electron chi connectivity index (χ0n) is 13.2. The van der Waals surface area contributed by atoms with Crippen LogP contribution in [0.5, 0.6) is 0 Å². The van der Waals surface area contributed by atoms with E-state index in [0.717, 1.165) is 37.3 Å². The fraction of sp³-hybridized carbons (Fsp3) is 0.467. The fourth-order valence-electron chi connectivity index (χ4n) is 2.80. The Balaban J connectivity index is 1.87. The van der Waals surface area contributed by atoms with E-state index in [2.05, 4.69) is 15.5 Å². The van der Waals surface area contributed by atoms with Crippen molar-refractivity contribution < 1.29 is 4.92 Å². The summed E-state index contributed by atoms with van der Waals surface area (Å²) < 4.78 is 1.95. The molecular formula is C15H19N5O2S. The van der Waals surface area contributed by atoms with Crippen LogP contribution in [0.2, 0.25) is 0 Å². The third-order valence-electron chi connectivity index (χ3n) is 4.04. The number of hydrogen-bond acceptors (Lipinski definition) is 6. The number of piperidine rings is 1. The van der Waals surface area contributed by atoms with Crippen LogP contribution >= 0.6 is 11.8 Å². The van der Waals surface area contributed by atoms with Gasteiger partial charge in [0, 0.05) is 25.6 Å². The Morgan fingerprint density at radius 1 is 1.43 bits per heavy atom. The van der Waals surface area contributed by atoms with Gasteiger partial charge in [-0.05, 0) is 49.7 Å². The predicted octanol–water partition coefficient (Wildman–Crippen LogP) is 2.65. The normalized spacial score (nSPS) is 18.1. The summed E-state index contributed by atoms with van der Waals surface area (Å²) in [6, 6.07) is 5.23. The molecule has 0 radical (unpaired) electrons. The minimum atomic E-state index is -0.350. The first kappa shape index (κ1) is 15.9. The Hall–Kier alpha value is -1.93. The molecule has 2 aromatic rings. The molecule has 23 heavy (non-hydrogen) atoms. The third-order valence-corrected chi connectivity index (χ3v) is 5.15. The van der Waals surface area contributed by atoms with E-state index >= 15 is 0 Å². The molecule has 1 aliphatic rings. The van der Waals surface area contributed by atoms with Crippen molar-refractivity contribution in [3.05, 3.63) is 39.7 Å². The highest BCUT2D eigenvalue weighted by Crippen LogP contribution is 2.35. The first-order valence-corrected chi connectivity index (χ1v) is 8.41. The Kier molecular flexibility index (Phi) is 4.63. The van der Waals surface area contributed by atoms with Crippen molar-refractivity contribution in [2.45, 2.75) is 35.7 Å². The maximum Gasteiger partial charge on any atom is 0.283 e. The standard InChI is InChI=1S/C15H19N5O2S/c1-10-5-6-13(12(8-10)20(21)22)23-15-18-17-14(19(15)2)11-4-3-7-16-9-11/h5-6,8,11,16H,3-4,7,9H2,1-2H3. The highest BCUT2D eigenvalue weighted by molar-refractivity contribution is 7.99. The molecule has 0 amide bonds. The summed E-state index contributed by atoms with van der Waals surface area (Å²) in [4.78, 5) is 11.5. The molecule has 2 heterocycles. The lowest BCUT2D eigenvalue weighted by Gasteiger charge is -2.21. The summed E-state index contributed by atoms with van der Waals surface area (Å²) in [5.74, 6) is 1.29. The quantitative estimate of drug-likeness (QED) is 0.684. The Morgan fingerprint density at radius 2 is 2.26 bits per heavy atom. The molecule has 0 bridgehead atoms. The fourth-order valence-corrected chi connectivity index (χ4v) is 3.68. The summed E-state index contributed by atoms with van der Waals surface area (Å²) in [7, 11) is 1.92. The van der Waals surface area contributed by atoms with Crippen molar-refractivity contribution in [1.29, 1.82) is 0 Å². The van der Waals surface area contributed by atoms with E-state index in [4.69, 9.17) is 0 Å². The van der Waals surface area contributed by atoms with Crippen LogP contribution in [0.3, 0.4) is 0 Å². The lowest BCUT2D eigenvalue weighted by atomic mass is 9.99. The van der Waals surface area contributed by atoms with Crippen LogP contribution in [0.4, 0.5) is 5.69 Å². The second-order valence-corrected chi connectivity index (χ2v) is 6.78. The van der Waals surface area contributed by atoms with Crippen molar-refractivity contribution in [2.24, 2.45) is 7.05 Å². The second kappa shape index (κ2) is 6.67. The topological polar surface area (TPSA) is 85.9 Å². The average Bonchev–Trinajstić information content (AvgIpc) is 2.91. The summed E-state index contributed by atoms with van der Waals surface area (Å²) in [6.07, 6.45) is 2.22. The lowest BCUT2D eigenvalue weighted by molar-refractivity contribution is -0.387. The number of nitro benzene ring substituents is 1. The van der Waals surface area contributed by atoms with Gasteiger partial charge in [-0.1, -0.05) is 6.07 Å². The predicted molar refractivity (Wildman–Crippen MR) is 87.8 cm³/mol. The smallest absolute Gasteiger partial charge is 0.283 e. The summed E-state index contributed by atoms with van der Waals surface area (Å²) in [6.45, 7) is 3.80. The van der Waals surface area contributed by atoms with Gasteiger partial charge in [0.1, 0.15) is 5.82 Å². The second-order valence-electron chi connectivity index (χ2n) is 5.77. The van der Waals surface area contributed by atoms with Crippen LogP contribution in [0, 0.1) is 17.0 Å². The molecule has 1 aromatic carbocycles. The first-order valence-electron chi connectivity index (χ1n) is 7.59. The molecule has 0 saturated carbocycles. The number of nitrogens with zero attached hydrogens (tertiary/aromatic N) is 4. The SMILES string of the molecule is Cc1ccc(Sc2nnc(C3CCCNC3)n2C)c([N+](=O)[O-])c1. The molecule has 3 rings (SSSR count). The molecule has 1 N–H and O–H groups in total. The van der Waals surface area contributed by atoms with E-state index < -0.39 is 0 Å². The average molecular weight is 333 g/mol. The highest BCUT2D eigenvalue weighted by atomic mass is 32.2. The zero-order valence-corrected chi connectivity index (χ0v) is 14.0. The molecular weight excluding hydrogens is 314 g/mol. The van der Waals surface area contributed by atoms with E-state index in [1.165, 1.54) is 11.8 Å². The van der Waals surface area contributed by atoms with Crippen molar-refractivity contribution >= 4 is 17.4 Å². The van der Waals surface area contributed by atoms with Gasteiger partial charge in [-0.3, -0.25) is 10.1 Å². The van der Waals surface area contributed by atoms with Crippen LogP contribution in [-0.2, 0) is 7.05 Å². The van der Waals surface area contributed by atoms with E-state index in [9.17, 15) is 10.1 Å². The van der Waals surface area contributed by atoms with Crippen LogP contribution in [-0.4, -0.2) is 32.8 Å². The molecule has 1 atom stereocenters. The van der Waals surface area contributed by atoms with E-state index in [1.807, 2.05) is 24.6 Å². The van der Waals surface area contributed by atoms with Gasteiger partial charge < -0.3 is 9.88 Å².